The summed E-state index contributed by atoms with van der Waals surface area (Å²) in [5.74, 6) is -0.148. The van der Waals surface area contributed by atoms with Gasteiger partial charge in [0.05, 0.1) is 23.6 Å². The Labute approximate surface area is 111 Å². The van der Waals surface area contributed by atoms with E-state index in [0.717, 1.165) is 5.69 Å². The number of benzene rings is 1. The van der Waals surface area contributed by atoms with Gasteiger partial charge in [0.2, 0.25) is 0 Å². The summed E-state index contributed by atoms with van der Waals surface area (Å²) in [4.78, 5) is 19.5. The van der Waals surface area contributed by atoms with Gasteiger partial charge in [0.15, 0.2) is 0 Å². The summed E-state index contributed by atoms with van der Waals surface area (Å²) >= 11 is 0. The zero-order valence-electron chi connectivity index (χ0n) is 10.6. The Hall–Kier alpha value is -2.63. The Morgan fingerprint density at radius 1 is 1.37 bits per heavy atom. The maximum atomic E-state index is 11.6. The van der Waals surface area contributed by atoms with Crippen LogP contribution in [0, 0.1) is 0 Å². The van der Waals surface area contributed by atoms with Gasteiger partial charge >= 0.3 is 0 Å². The van der Waals surface area contributed by atoms with E-state index in [9.17, 15) is 4.79 Å². The molecule has 0 radical (unpaired) electrons. The summed E-state index contributed by atoms with van der Waals surface area (Å²) in [6.07, 6.45) is 3.16. The zero-order chi connectivity index (χ0) is 13.7. The van der Waals surface area contributed by atoms with Gasteiger partial charge in [0.25, 0.3) is 5.91 Å². The molecule has 0 fully saturated rings. The molecule has 0 unspecified atom stereocenters. The highest BCUT2D eigenvalue weighted by atomic mass is 16.1. The molecule has 1 aromatic heterocycles. The Kier molecular flexibility index (Phi) is 3.92. The van der Waals surface area contributed by atoms with Crippen molar-refractivity contribution in [3.8, 4) is 0 Å². The van der Waals surface area contributed by atoms with Crippen LogP contribution in [0.15, 0.2) is 36.8 Å². The number of aromatic nitrogens is 2. The maximum Gasteiger partial charge on any atom is 0.251 e. The van der Waals surface area contributed by atoms with E-state index >= 15 is 0 Å². The summed E-state index contributed by atoms with van der Waals surface area (Å²) in [6, 6.07) is 6.91. The van der Waals surface area contributed by atoms with E-state index in [4.69, 9.17) is 5.73 Å². The van der Waals surface area contributed by atoms with Crippen LogP contribution >= 0.6 is 0 Å². The molecule has 2 rings (SSSR count). The van der Waals surface area contributed by atoms with Gasteiger partial charge in [-0.25, -0.2) is 9.97 Å². The van der Waals surface area contributed by atoms with Crippen molar-refractivity contribution >= 4 is 17.3 Å². The molecule has 1 aromatic carbocycles. The fourth-order valence-corrected chi connectivity index (χ4v) is 1.60. The van der Waals surface area contributed by atoms with Gasteiger partial charge in [-0.2, -0.15) is 0 Å². The lowest BCUT2D eigenvalue weighted by Gasteiger charge is -2.10. The van der Waals surface area contributed by atoms with Crippen LogP contribution in [0.4, 0.5) is 11.4 Å². The van der Waals surface area contributed by atoms with Crippen molar-refractivity contribution in [1.29, 1.82) is 0 Å². The number of nitrogens with two attached hydrogens (primary N) is 1. The smallest absolute Gasteiger partial charge is 0.251 e. The number of carbonyl (C=O) groups is 1. The molecule has 0 saturated heterocycles. The topological polar surface area (TPSA) is 92.9 Å². The van der Waals surface area contributed by atoms with Crippen LogP contribution < -0.4 is 16.4 Å². The number of hydrogen-bond donors (Lipinski definition) is 3. The van der Waals surface area contributed by atoms with Crippen LogP contribution in [0.5, 0.6) is 0 Å². The predicted octanol–water partition coefficient (Wildman–Crippen LogP) is 1.03. The Morgan fingerprint density at radius 2 is 2.21 bits per heavy atom. The normalized spacial score (nSPS) is 9.95. The third-order valence-corrected chi connectivity index (χ3v) is 2.65. The number of nitrogens with one attached hydrogen (secondary N) is 2. The molecule has 1 amide bonds. The van der Waals surface area contributed by atoms with Gasteiger partial charge in [0, 0.05) is 18.8 Å². The van der Waals surface area contributed by atoms with Crippen LogP contribution in [0.2, 0.25) is 0 Å². The van der Waals surface area contributed by atoms with Gasteiger partial charge in [-0.05, 0) is 24.3 Å². The first-order valence-electron chi connectivity index (χ1n) is 5.81. The van der Waals surface area contributed by atoms with Gasteiger partial charge in [-0.15, -0.1) is 0 Å². The monoisotopic (exact) mass is 257 g/mol. The van der Waals surface area contributed by atoms with Crippen molar-refractivity contribution in [2.45, 2.75) is 6.54 Å². The number of nitrogens with zero attached hydrogens (tertiary/aromatic N) is 2. The summed E-state index contributed by atoms with van der Waals surface area (Å²) in [5.41, 5.74) is 8.57. The van der Waals surface area contributed by atoms with E-state index in [0.29, 0.717) is 23.5 Å². The van der Waals surface area contributed by atoms with Crippen LogP contribution in [0.1, 0.15) is 16.1 Å². The quantitative estimate of drug-likeness (QED) is 0.711. The van der Waals surface area contributed by atoms with E-state index in [1.807, 2.05) is 6.07 Å². The lowest BCUT2D eigenvalue weighted by atomic mass is 10.1. The molecule has 1 heterocycles. The first kappa shape index (κ1) is 12.8. The van der Waals surface area contributed by atoms with Crippen molar-refractivity contribution in [3.63, 3.8) is 0 Å². The van der Waals surface area contributed by atoms with Crippen LogP contribution in [-0.4, -0.2) is 22.9 Å². The van der Waals surface area contributed by atoms with Gasteiger partial charge in [-0.1, -0.05) is 0 Å². The van der Waals surface area contributed by atoms with Crippen molar-refractivity contribution < 1.29 is 4.79 Å². The van der Waals surface area contributed by atoms with Crippen molar-refractivity contribution in [1.82, 2.24) is 15.3 Å². The van der Waals surface area contributed by atoms with E-state index in [1.54, 1.807) is 31.4 Å². The number of anilines is 2. The number of amides is 1. The molecular formula is C13H15N5O. The molecule has 19 heavy (non-hydrogen) atoms. The van der Waals surface area contributed by atoms with Crippen molar-refractivity contribution in [3.05, 3.63) is 48.0 Å². The summed E-state index contributed by atoms with van der Waals surface area (Å²) in [5, 5.41) is 5.73. The summed E-state index contributed by atoms with van der Waals surface area (Å²) in [6.45, 7) is 0.518. The molecule has 6 heteroatoms. The molecule has 0 aliphatic rings. The minimum atomic E-state index is -0.148. The fourth-order valence-electron chi connectivity index (χ4n) is 1.60. The highest BCUT2D eigenvalue weighted by Crippen LogP contribution is 2.20. The molecule has 0 spiro atoms. The van der Waals surface area contributed by atoms with Crippen molar-refractivity contribution in [2.75, 3.05) is 18.1 Å². The zero-order valence-corrected chi connectivity index (χ0v) is 10.6. The SMILES string of the molecule is CNC(=O)c1ccc(N)c(NCc2ccncn2)c1. The van der Waals surface area contributed by atoms with Gasteiger partial charge in [0.1, 0.15) is 6.33 Å². The molecule has 0 aliphatic carbocycles. The Balaban J connectivity index is 2.13. The second-order valence-corrected chi connectivity index (χ2v) is 3.94. The van der Waals surface area contributed by atoms with Crippen LogP contribution in [0.25, 0.3) is 0 Å². The van der Waals surface area contributed by atoms with Crippen LogP contribution in [0.3, 0.4) is 0 Å². The third-order valence-electron chi connectivity index (χ3n) is 2.65. The summed E-state index contributed by atoms with van der Waals surface area (Å²) < 4.78 is 0. The average molecular weight is 257 g/mol. The highest BCUT2D eigenvalue weighted by Gasteiger charge is 2.06. The molecule has 0 saturated carbocycles. The summed E-state index contributed by atoms with van der Waals surface area (Å²) in [7, 11) is 1.59. The van der Waals surface area contributed by atoms with Crippen molar-refractivity contribution in [2.24, 2.45) is 0 Å². The molecule has 2 aromatic rings. The molecule has 0 bridgehead atoms. The number of carbonyl (C=O) groups excluding carboxylic acids is 1. The highest BCUT2D eigenvalue weighted by molar-refractivity contribution is 5.96. The molecule has 4 N–H and O–H groups in total. The maximum absolute atomic E-state index is 11.6. The lowest BCUT2D eigenvalue weighted by Crippen LogP contribution is -2.18. The second kappa shape index (κ2) is 5.81. The van der Waals surface area contributed by atoms with Gasteiger partial charge < -0.3 is 16.4 Å². The fraction of sp³-hybridized carbons (Fsp3) is 0.154. The Bertz CT molecular complexity index is 571. The number of nitrogen functional groups attached to an aromatic ring is 1. The molecule has 6 nitrogen and oxygen atoms in total. The van der Waals surface area contributed by atoms with E-state index in [2.05, 4.69) is 20.6 Å². The molecule has 0 aliphatic heterocycles. The Morgan fingerprint density at radius 3 is 2.89 bits per heavy atom. The van der Waals surface area contributed by atoms with Gasteiger partial charge in [-0.3, -0.25) is 4.79 Å². The standard InChI is InChI=1S/C13H15N5O/c1-15-13(19)9-2-3-11(14)12(6-9)17-7-10-4-5-16-8-18-10/h2-6,8,17H,7,14H2,1H3,(H,15,19). The number of rotatable bonds is 4. The third kappa shape index (κ3) is 3.19. The largest absolute Gasteiger partial charge is 0.397 e. The first-order valence-corrected chi connectivity index (χ1v) is 5.81. The second-order valence-electron chi connectivity index (χ2n) is 3.94. The first-order chi connectivity index (χ1) is 9.20. The van der Waals surface area contributed by atoms with E-state index in [-0.39, 0.29) is 5.91 Å². The molecule has 98 valence electrons. The van der Waals surface area contributed by atoms with Crippen LogP contribution in [-0.2, 0) is 6.54 Å². The number of hydrogen-bond acceptors (Lipinski definition) is 5. The lowest BCUT2D eigenvalue weighted by molar-refractivity contribution is 0.0963. The van der Waals surface area contributed by atoms with E-state index in [1.165, 1.54) is 6.33 Å². The average Bonchev–Trinajstić information content (AvgIpc) is 2.46. The predicted molar refractivity (Wildman–Crippen MR) is 73.6 cm³/mol. The minimum Gasteiger partial charge on any atom is -0.397 e. The minimum absolute atomic E-state index is 0.148. The molecule has 0 atom stereocenters. The molecular weight excluding hydrogens is 242 g/mol. The van der Waals surface area contributed by atoms with E-state index < -0.39 is 0 Å².